The van der Waals surface area contributed by atoms with Gasteiger partial charge >= 0.3 is 6.09 Å². The Kier molecular flexibility index (Phi) is 6.88. The highest BCUT2D eigenvalue weighted by Gasteiger charge is 2.52. The number of ether oxygens (including phenoxy) is 2. The van der Waals surface area contributed by atoms with E-state index in [1.54, 1.807) is 12.1 Å². The van der Waals surface area contributed by atoms with Crippen molar-refractivity contribution in [3.63, 3.8) is 0 Å². The lowest BCUT2D eigenvalue weighted by Crippen LogP contribution is -2.64. The van der Waals surface area contributed by atoms with E-state index in [2.05, 4.69) is 5.32 Å². The fraction of sp³-hybridized carbons (Fsp3) is 0.286. The number of morpholine rings is 1. The zero-order valence-electron chi connectivity index (χ0n) is 19.9. The standard InChI is InChI=1S/C28H25F3N2O4/c29-21-11-20(12-22(30)14-21)23-8-4-7-19(26(23)31)13-24-28(17-36-16-25(34)32-28)9-10-33(24)27(35)37-15-18-5-2-1-3-6-18/h1-8,11-12,14,24H,9-10,13,15-17H2,(H,32,34). The minimum atomic E-state index is -0.922. The van der Waals surface area contributed by atoms with Crippen LogP contribution in [-0.4, -0.2) is 48.2 Å². The third-order valence-electron chi connectivity index (χ3n) is 6.90. The van der Waals surface area contributed by atoms with Gasteiger partial charge in [-0.05, 0) is 41.7 Å². The Morgan fingerprint density at radius 1 is 1.05 bits per heavy atom. The highest BCUT2D eigenvalue weighted by atomic mass is 19.1. The fourth-order valence-electron chi connectivity index (χ4n) is 5.13. The van der Waals surface area contributed by atoms with E-state index >= 15 is 4.39 Å². The molecule has 2 unspecified atom stereocenters. The van der Waals surface area contributed by atoms with Gasteiger partial charge < -0.3 is 19.7 Å². The average Bonchev–Trinajstić information content (AvgIpc) is 3.20. The van der Waals surface area contributed by atoms with Crippen LogP contribution in [0.2, 0.25) is 0 Å². The Morgan fingerprint density at radius 3 is 2.54 bits per heavy atom. The van der Waals surface area contributed by atoms with Gasteiger partial charge in [0.2, 0.25) is 5.91 Å². The molecule has 1 spiro atoms. The van der Waals surface area contributed by atoms with Gasteiger partial charge in [0.05, 0.1) is 18.2 Å². The van der Waals surface area contributed by atoms with Crippen LogP contribution in [0.3, 0.4) is 0 Å². The Balaban J connectivity index is 1.44. The van der Waals surface area contributed by atoms with Gasteiger partial charge in [-0.1, -0.05) is 48.5 Å². The van der Waals surface area contributed by atoms with E-state index in [1.807, 2.05) is 30.3 Å². The van der Waals surface area contributed by atoms with Crippen molar-refractivity contribution in [3.8, 4) is 11.1 Å². The number of likely N-dealkylation sites (tertiary alicyclic amines) is 1. The van der Waals surface area contributed by atoms with Crippen LogP contribution >= 0.6 is 0 Å². The SMILES string of the molecule is O=C1COCC2(CCN(C(=O)OCc3ccccc3)C2Cc2cccc(-c3cc(F)cc(F)c3)c2F)N1. The number of carbonyl (C=O) groups is 2. The molecule has 5 rings (SSSR count). The first-order valence-electron chi connectivity index (χ1n) is 11.9. The number of amides is 2. The van der Waals surface area contributed by atoms with Crippen LogP contribution in [0.1, 0.15) is 17.5 Å². The summed E-state index contributed by atoms with van der Waals surface area (Å²) < 4.78 is 54.4. The number of rotatable bonds is 5. The van der Waals surface area contributed by atoms with Crippen LogP contribution in [-0.2, 0) is 27.3 Å². The molecule has 2 saturated heterocycles. The zero-order valence-corrected chi connectivity index (χ0v) is 19.9. The van der Waals surface area contributed by atoms with Crippen molar-refractivity contribution in [2.75, 3.05) is 19.8 Å². The highest BCUT2D eigenvalue weighted by molar-refractivity contribution is 5.79. The van der Waals surface area contributed by atoms with E-state index in [9.17, 15) is 18.4 Å². The monoisotopic (exact) mass is 510 g/mol. The molecule has 6 nitrogen and oxygen atoms in total. The summed E-state index contributed by atoms with van der Waals surface area (Å²) in [7, 11) is 0. The largest absolute Gasteiger partial charge is 0.445 e. The Hall–Kier alpha value is -3.85. The van der Waals surface area contributed by atoms with Crippen molar-refractivity contribution in [2.45, 2.75) is 31.0 Å². The van der Waals surface area contributed by atoms with E-state index in [4.69, 9.17) is 9.47 Å². The minimum Gasteiger partial charge on any atom is -0.445 e. The molecule has 0 aromatic heterocycles. The Labute approximate surface area is 212 Å². The average molecular weight is 511 g/mol. The summed E-state index contributed by atoms with van der Waals surface area (Å²) in [6.07, 6.45) is -0.156. The molecule has 0 bridgehead atoms. The van der Waals surface area contributed by atoms with Crippen molar-refractivity contribution < 1.29 is 32.2 Å². The third kappa shape index (κ3) is 5.17. The van der Waals surface area contributed by atoms with Crippen LogP contribution in [0.25, 0.3) is 11.1 Å². The molecule has 192 valence electrons. The summed E-state index contributed by atoms with van der Waals surface area (Å²) >= 11 is 0. The number of carbonyl (C=O) groups excluding carboxylic acids is 2. The summed E-state index contributed by atoms with van der Waals surface area (Å²) in [6.45, 7) is 0.399. The molecule has 2 atom stereocenters. The van der Waals surface area contributed by atoms with Crippen molar-refractivity contribution in [1.29, 1.82) is 0 Å². The van der Waals surface area contributed by atoms with Gasteiger partial charge in [-0.15, -0.1) is 0 Å². The molecule has 2 aliphatic rings. The van der Waals surface area contributed by atoms with Crippen LogP contribution in [0.15, 0.2) is 66.7 Å². The van der Waals surface area contributed by atoms with Crippen LogP contribution in [0.5, 0.6) is 0 Å². The number of nitrogens with one attached hydrogen (secondary N) is 1. The molecule has 0 radical (unpaired) electrons. The van der Waals surface area contributed by atoms with E-state index in [-0.39, 0.29) is 55.4 Å². The van der Waals surface area contributed by atoms with E-state index in [1.165, 1.54) is 11.0 Å². The molecule has 2 fully saturated rings. The number of hydrogen-bond donors (Lipinski definition) is 1. The second-order valence-electron chi connectivity index (χ2n) is 9.34. The van der Waals surface area contributed by atoms with Gasteiger partial charge in [-0.25, -0.2) is 18.0 Å². The van der Waals surface area contributed by atoms with Gasteiger partial charge in [0.1, 0.15) is 30.7 Å². The van der Waals surface area contributed by atoms with Crippen LogP contribution < -0.4 is 5.32 Å². The van der Waals surface area contributed by atoms with Crippen molar-refractivity contribution in [1.82, 2.24) is 10.2 Å². The highest BCUT2D eigenvalue weighted by Crippen LogP contribution is 2.36. The maximum Gasteiger partial charge on any atom is 0.410 e. The first kappa shape index (κ1) is 24.8. The normalized spacial score (nSPS) is 21.2. The quantitative estimate of drug-likeness (QED) is 0.545. The lowest BCUT2D eigenvalue weighted by Gasteiger charge is -2.40. The molecular weight excluding hydrogens is 485 g/mol. The topological polar surface area (TPSA) is 67.9 Å². The van der Waals surface area contributed by atoms with Crippen molar-refractivity contribution >= 4 is 12.0 Å². The maximum atomic E-state index is 15.7. The molecule has 9 heteroatoms. The van der Waals surface area contributed by atoms with Crippen molar-refractivity contribution in [2.24, 2.45) is 0 Å². The smallest absolute Gasteiger partial charge is 0.410 e. The number of nitrogens with zero attached hydrogens (tertiary/aromatic N) is 1. The Bertz CT molecular complexity index is 1300. The molecule has 0 aliphatic carbocycles. The summed E-state index contributed by atoms with van der Waals surface area (Å²) in [4.78, 5) is 26.9. The molecule has 2 aliphatic heterocycles. The molecule has 2 heterocycles. The van der Waals surface area contributed by atoms with Gasteiger partial charge in [0.15, 0.2) is 0 Å². The number of benzene rings is 3. The first-order valence-corrected chi connectivity index (χ1v) is 11.9. The second kappa shape index (κ2) is 10.3. The zero-order chi connectivity index (χ0) is 26.0. The number of hydrogen-bond acceptors (Lipinski definition) is 4. The predicted octanol–water partition coefficient (Wildman–Crippen LogP) is 4.61. The van der Waals surface area contributed by atoms with Crippen LogP contribution in [0.4, 0.5) is 18.0 Å². The van der Waals surface area contributed by atoms with Crippen molar-refractivity contribution in [3.05, 3.63) is 95.3 Å². The molecule has 3 aromatic carbocycles. The van der Waals surface area contributed by atoms with E-state index in [0.29, 0.717) is 6.42 Å². The first-order chi connectivity index (χ1) is 17.8. The van der Waals surface area contributed by atoms with E-state index in [0.717, 1.165) is 23.8 Å². The lowest BCUT2D eigenvalue weighted by atomic mass is 9.85. The van der Waals surface area contributed by atoms with Gasteiger partial charge in [-0.2, -0.15) is 0 Å². The maximum absolute atomic E-state index is 15.7. The van der Waals surface area contributed by atoms with E-state index < -0.39 is 35.1 Å². The predicted molar refractivity (Wildman–Crippen MR) is 129 cm³/mol. The number of halogens is 3. The Morgan fingerprint density at radius 2 is 1.81 bits per heavy atom. The summed E-state index contributed by atoms with van der Waals surface area (Å²) in [6, 6.07) is 16.0. The lowest BCUT2D eigenvalue weighted by molar-refractivity contribution is -0.136. The molecule has 2 amide bonds. The molecule has 1 N–H and O–H groups in total. The fourth-order valence-corrected chi connectivity index (χ4v) is 5.13. The van der Waals surface area contributed by atoms with Gasteiger partial charge in [0, 0.05) is 18.2 Å². The van der Waals surface area contributed by atoms with Gasteiger partial charge in [-0.3, -0.25) is 4.79 Å². The van der Waals surface area contributed by atoms with Gasteiger partial charge in [0.25, 0.3) is 0 Å². The van der Waals surface area contributed by atoms with Crippen LogP contribution in [0, 0.1) is 17.5 Å². The molecular formula is C28H25F3N2O4. The molecule has 37 heavy (non-hydrogen) atoms. The molecule has 0 saturated carbocycles. The molecule has 3 aromatic rings. The summed E-state index contributed by atoms with van der Waals surface area (Å²) in [5.74, 6) is -2.61. The third-order valence-corrected chi connectivity index (χ3v) is 6.90. The summed E-state index contributed by atoms with van der Waals surface area (Å²) in [5.41, 5.74) is 0.219. The second-order valence-corrected chi connectivity index (χ2v) is 9.34. The minimum absolute atomic E-state index is 0.0293. The summed E-state index contributed by atoms with van der Waals surface area (Å²) in [5, 5.41) is 2.97.